The van der Waals surface area contributed by atoms with E-state index >= 15 is 0 Å². The van der Waals surface area contributed by atoms with Crippen LogP contribution in [-0.4, -0.2) is 24.2 Å². The van der Waals surface area contributed by atoms with Gasteiger partial charge in [-0.15, -0.1) is 0 Å². The number of unbranched alkanes of at least 4 members (excludes halogenated alkanes) is 1. The quantitative estimate of drug-likeness (QED) is 0.804. The summed E-state index contributed by atoms with van der Waals surface area (Å²) >= 11 is 6.16. The molecule has 5 nitrogen and oxygen atoms in total. The smallest absolute Gasteiger partial charge is 0.257 e. The summed E-state index contributed by atoms with van der Waals surface area (Å²) in [6, 6.07) is 7.23. The number of carbonyl (C=O) groups is 1. The molecule has 0 spiro atoms. The third-order valence-electron chi connectivity index (χ3n) is 3.14. The van der Waals surface area contributed by atoms with Gasteiger partial charge in [-0.1, -0.05) is 35.0 Å². The maximum atomic E-state index is 12.3. The molecule has 21 heavy (non-hydrogen) atoms. The van der Waals surface area contributed by atoms with E-state index in [0.717, 1.165) is 12.8 Å². The molecule has 6 heteroatoms. The minimum atomic E-state index is -0.208. The molecule has 0 fully saturated rings. The van der Waals surface area contributed by atoms with Crippen LogP contribution in [0.5, 0.6) is 0 Å². The van der Waals surface area contributed by atoms with E-state index in [1.165, 1.54) is 0 Å². The van der Waals surface area contributed by atoms with E-state index in [1.54, 1.807) is 13.0 Å². The lowest BCUT2D eigenvalue weighted by Crippen LogP contribution is -2.25. The minimum absolute atomic E-state index is 0.208. The Kier molecular flexibility index (Phi) is 5.36. The molecule has 0 aliphatic heterocycles. The average molecular weight is 308 g/mol. The van der Waals surface area contributed by atoms with Gasteiger partial charge in [0, 0.05) is 12.1 Å². The van der Waals surface area contributed by atoms with Crippen LogP contribution in [-0.2, 0) is 0 Å². The highest BCUT2D eigenvalue weighted by molar-refractivity contribution is 6.33. The zero-order valence-electron chi connectivity index (χ0n) is 11.9. The molecule has 0 aliphatic rings. The van der Waals surface area contributed by atoms with Crippen molar-refractivity contribution < 1.29 is 9.32 Å². The summed E-state index contributed by atoms with van der Waals surface area (Å²) in [4.78, 5) is 12.3. The first-order valence-corrected chi connectivity index (χ1v) is 7.22. The maximum Gasteiger partial charge on any atom is 0.257 e. The molecular formula is C15H18ClN3O2. The molecule has 1 heterocycles. The second kappa shape index (κ2) is 7.24. The molecule has 0 bridgehead atoms. The van der Waals surface area contributed by atoms with Crippen molar-refractivity contribution in [2.75, 3.05) is 13.1 Å². The van der Waals surface area contributed by atoms with Crippen molar-refractivity contribution in [2.24, 2.45) is 5.73 Å². The lowest BCUT2D eigenvalue weighted by molar-refractivity contribution is 0.0952. The SMILES string of the molecule is Cc1onc(-c2ccccc2Cl)c1C(=O)NCCCCN. The first-order chi connectivity index (χ1) is 10.1. The lowest BCUT2D eigenvalue weighted by atomic mass is 10.1. The van der Waals surface area contributed by atoms with Gasteiger partial charge in [-0.05, 0) is 32.4 Å². The summed E-state index contributed by atoms with van der Waals surface area (Å²) in [5, 5.41) is 7.36. The Morgan fingerprint density at radius 2 is 2.14 bits per heavy atom. The molecule has 0 radical (unpaired) electrons. The summed E-state index contributed by atoms with van der Waals surface area (Å²) in [5.41, 5.74) is 7.01. The summed E-state index contributed by atoms with van der Waals surface area (Å²) in [7, 11) is 0. The molecule has 1 amide bonds. The number of benzene rings is 1. The Morgan fingerprint density at radius 1 is 1.38 bits per heavy atom. The van der Waals surface area contributed by atoms with Crippen LogP contribution in [0.25, 0.3) is 11.3 Å². The summed E-state index contributed by atoms with van der Waals surface area (Å²) < 4.78 is 5.16. The fourth-order valence-electron chi connectivity index (χ4n) is 2.04. The largest absolute Gasteiger partial charge is 0.360 e. The summed E-state index contributed by atoms with van der Waals surface area (Å²) in [6.07, 6.45) is 1.72. The predicted molar refractivity (Wildman–Crippen MR) is 82.3 cm³/mol. The number of amides is 1. The second-order valence-corrected chi connectivity index (χ2v) is 5.10. The third kappa shape index (κ3) is 3.62. The highest BCUT2D eigenvalue weighted by Crippen LogP contribution is 2.30. The Hall–Kier alpha value is -1.85. The molecule has 0 atom stereocenters. The highest BCUT2D eigenvalue weighted by Gasteiger charge is 2.22. The first kappa shape index (κ1) is 15.5. The van der Waals surface area contributed by atoms with Crippen LogP contribution in [0.1, 0.15) is 29.0 Å². The monoisotopic (exact) mass is 307 g/mol. The maximum absolute atomic E-state index is 12.3. The first-order valence-electron chi connectivity index (χ1n) is 6.84. The highest BCUT2D eigenvalue weighted by atomic mass is 35.5. The van der Waals surface area contributed by atoms with E-state index in [1.807, 2.05) is 18.2 Å². The van der Waals surface area contributed by atoms with Crippen LogP contribution < -0.4 is 11.1 Å². The lowest BCUT2D eigenvalue weighted by Gasteiger charge is -2.06. The van der Waals surface area contributed by atoms with Gasteiger partial charge in [0.25, 0.3) is 5.91 Å². The van der Waals surface area contributed by atoms with Gasteiger partial charge in [-0.2, -0.15) is 0 Å². The van der Waals surface area contributed by atoms with E-state index in [9.17, 15) is 4.79 Å². The van der Waals surface area contributed by atoms with Gasteiger partial charge in [0.15, 0.2) is 0 Å². The number of rotatable bonds is 6. The van der Waals surface area contributed by atoms with Crippen molar-refractivity contribution in [3.05, 3.63) is 40.6 Å². The van der Waals surface area contributed by atoms with Gasteiger partial charge < -0.3 is 15.6 Å². The number of halogens is 1. The Labute approximate surface area is 128 Å². The molecule has 1 aromatic carbocycles. The topological polar surface area (TPSA) is 81.2 Å². The number of hydrogen-bond donors (Lipinski definition) is 2. The van der Waals surface area contributed by atoms with Crippen LogP contribution >= 0.6 is 11.6 Å². The molecule has 0 saturated carbocycles. The van der Waals surface area contributed by atoms with Gasteiger partial charge >= 0.3 is 0 Å². The Bertz CT molecular complexity index is 625. The number of aryl methyl sites for hydroxylation is 1. The molecule has 2 rings (SSSR count). The summed E-state index contributed by atoms with van der Waals surface area (Å²) in [6.45, 7) is 2.90. The fraction of sp³-hybridized carbons (Fsp3) is 0.333. The van der Waals surface area contributed by atoms with Crippen LogP contribution in [0.3, 0.4) is 0 Å². The van der Waals surface area contributed by atoms with E-state index in [-0.39, 0.29) is 5.91 Å². The second-order valence-electron chi connectivity index (χ2n) is 4.69. The number of nitrogens with one attached hydrogen (secondary N) is 1. The van der Waals surface area contributed by atoms with E-state index in [4.69, 9.17) is 21.9 Å². The average Bonchev–Trinajstić information content (AvgIpc) is 2.85. The zero-order valence-corrected chi connectivity index (χ0v) is 12.6. The number of aromatic nitrogens is 1. The fourth-order valence-corrected chi connectivity index (χ4v) is 2.26. The number of nitrogens with zero attached hydrogens (tertiary/aromatic N) is 1. The van der Waals surface area contributed by atoms with E-state index in [2.05, 4.69) is 10.5 Å². The molecule has 0 aliphatic carbocycles. The van der Waals surface area contributed by atoms with Crippen molar-refractivity contribution in [2.45, 2.75) is 19.8 Å². The molecule has 3 N–H and O–H groups in total. The zero-order chi connectivity index (χ0) is 15.2. The van der Waals surface area contributed by atoms with Gasteiger partial charge in [0.1, 0.15) is 17.0 Å². The van der Waals surface area contributed by atoms with Crippen LogP contribution in [0, 0.1) is 6.92 Å². The molecule has 2 aromatic rings. The number of carbonyl (C=O) groups excluding carboxylic acids is 1. The molecular weight excluding hydrogens is 290 g/mol. The minimum Gasteiger partial charge on any atom is -0.360 e. The van der Waals surface area contributed by atoms with Gasteiger partial charge in [0.2, 0.25) is 0 Å². The molecule has 0 unspecified atom stereocenters. The van der Waals surface area contributed by atoms with Crippen molar-refractivity contribution in [1.82, 2.24) is 10.5 Å². The van der Waals surface area contributed by atoms with Crippen molar-refractivity contribution >= 4 is 17.5 Å². The van der Waals surface area contributed by atoms with Crippen LogP contribution in [0.4, 0.5) is 0 Å². The summed E-state index contributed by atoms with van der Waals surface area (Å²) in [5.74, 6) is 0.266. The third-order valence-corrected chi connectivity index (χ3v) is 3.46. The van der Waals surface area contributed by atoms with Crippen molar-refractivity contribution in [3.63, 3.8) is 0 Å². The molecule has 0 saturated heterocycles. The Balaban J connectivity index is 2.22. The van der Waals surface area contributed by atoms with Crippen molar-refractivity contribution in [3.8, 4) is 11.3 Å². The van der Waals surface area contributed by atoms with Gasteiger partial charge in [-0.25, -0.2) is 0 Å². The van der Waals surface area contributed by atoms with Crippen LogP contribution in [0.15, 0.2) is 28.8 Å². The standard InChI is InChI=1S/C15H18ClN3O2/c1-10-13(15(20)18-9-5-4-8-17)14(19-21-10)11-6-2-3-7-12(11)16/h2-3,6-7H,4-5,8-9,17H2,1H3,(H,18,20). The predicted octanol–water partition coefficient (Wildman–Crippen LogP) is 2.77. The normalized spacial score (nSPS) is 10.6. The van der Waals surface area contributed by atoms with E-state index < -0.39 is 0 Å². The number of hydrogen-bond acceptors (Lipinski definition) is 4. The van der Waals surface area contributed by atoms with Gasteiger partial charge in [-0.3, -0.25) is 4.79 Å². The van der Waals surface area contributed by atoms with Crippen LogP contribution in [0.2, 0.25) is 5.02 Å². The van der Waals surface area contributed by atoms with Gasteiger partial charge in [0.05, 0.1) is 5.02 Å². The molecule has 112 valence electrons. The van der Waals surface area contributed by atoms with E-state index in [0.29, 0.717) is 40.7 Å². The molecule has 1 aromatic heterocycles. The Morgan fingerprint density at radius 3 is 2.86 bits per heavy atom. The van der Waals surface area contributed by atoms with Crippen molar-refractivity contribution in [1.29, 1.82) is 0 Å². The number of nitrogens with two attached hydrogens (primary N) is 1.